The van der Waals surface area contributed by atoms with Crippen LogP contribution in [0.2, 0.25) is 0 Å². The average Bonchev–Trinajstić information content (AvgIpc) is 2.27. The maximum atomic E-state index is 11.9. The Bertz CT molecular complexity index is 485. The first-order chi connectivity index (χ1) is 8.24. The van der Waals surface area contributed by atoms with Crippen LogP contribution in [0.1, 0.15) is 5.56 Å². The Hall–Kier alpha value is -0.790. The number of rotatable bonds is 5. The van der Waals surface area contributed by atoms with Gasteiger partial charge in [0.05, 0.1) is 4.90 Å². The van der Waals surface area contributed by atoms with E-state index in [4.69, 9.17) is 11.6 Å². The minimum Gasteiger partial charge on any atom is -0.207 e. The number of aryl methyl sites for hydroxylation is 1. The number of hydrogen-bond donors (Lipinski definition) is 1. The Labute approximate surface area is 108 Å². The van der Waals surface area contributed by atoms with Gasteiger partial charge < -0.3 is 0 Å². The highest BCUT2D eigenvalue weighted by atomic mass is 35.5. The van der Waals surface area contributed by atoms with Crippen LogP contribution in [-0.2, 0) is 16.4 Å². The molecule has 0 aliphatic carbocycles. The average molecular weight is 302 g/mol. The maximum Gasteiger partial charge on any atom is 0.402 e. The molecule has 1 N–H and O–H groups in total. The van der Waals surface area contributed by atoms with Crippen molar-refractivity contribution in [2.45, 2.75) is 17.5 Å². The predicted octanol–water partition coefficient (Wildman–Crippen LogP) is 2.31. The molecular formula is C10H11ClF3NO2S. The zero-order valence-corrected chi connectivity index (χ0v) is 10.7. The van der Waals surface area contributed by atoms with Gasteiger partial charge in [-0.15, -0.1) is 11.6 Å². The fourth-order valence-electron chi connectivity index (χ4n) is 1.20. The smallest absolute Gasteiger partial charge is 0.207 e. The molecule has 0 aromatic heterocycles. The van der Waals surface area contributed by atoms with Crippen molar-refractivity contribution in [1.82, 2.24) is 4.72 Å². The van der Waals surface area contributed by atoms with Gasteiger partial charge in [0.1, 0.15) is 6.54 Å². The van der Waals surface area contributed by atoms with Crippen LogP contribution in [0, 0.1) is 0 Å². The molecule has 1 rings (SSSR count). The Morgan fingerprint density at radius 3 is 2.17 bits per heavy atom. The Morgan fingerprint density at radius 1 is 1.17 bits per heavy atom. The van der Waals surface area contributed by atoms with E-state index in [1.807, 2.05) is 0 Å². The van der Waals surface area contributed by atoms with Gasteiger partial charge in [-0.1, -0.05) is 12.1 Å². The third-order valence-electron chi connectivity index (χ3n) is 2.08. The zero-order valence-electron chi connectivity index (χ0n) is 9.17. The highest BCUT2D eigenvalue weighted by Crippen LogP contribution is 2.16. The maximum absolute atomic E-state index is 11.9. The van der Waals surface area contributed by atoms with Gasteiger partial charge >= 0.3 is 6.18 Å². The number of sulfonamides is 1. The van der Waals surface area contributed by atoms with Crippen molar-refractivity contribution < 1.29 is 21.6 Å². The van der Waals surface area contributed by atoms with Gasteiger partial charge in [-0.25, -0.2) is 13.1 Å². The van der Waals surface area contributed by atoms with Crippen LogP contribution in [-0.4, -0.2) is 27.0 Å². The summed E-state index contributed by atoms with van der Waals surface area (Å²) in [6, 6.07) is 5.54. The van der Waals surface area contributed by atoms with E-state index in [0.717, 1.165) is 5.56 Å². The van der Waals surface area contributed by atoms with Crippen molar-refractivity contribution in [1.29, 1.82) is 0 Å². The molecule has 0 aliphatic rings. The highest BCUT2D eigenvalue weighted by molar-refractivity contribution is 7.89. The molecule has 0 atom stereocenters. The molecule has 0 spiro atoms. The summed E-state index contributed by atoms with van der Waals surface area (Å²) in [6.07, 6.45) is -4.01. The first-order valence-corrected chi connectivity index (χ1v) is 6.98. The minimum absolute atomic E-state index is 0.204. The second-order valence-electron chi connectivity index (χ2n) is 3.52. The molecule has 0 saturated heterocycles. The quantitative estimate of drug-likeness (QED) is 0.848. The van der Waals surface area contributed by atoms with Crippen molar-refractivity contribution in [3.05, 3.63) is 29.8 Å². The van der Waals surface area contributed by atoms with Gasteiger partial charge in [-0.2, -0.15) is 13.2 Å². The fraction of sp³-hybridized carbons (Fsp3) is 0.400. The summed E-state index contributed by atoms with van der Waals surface area (Å²) >= 11 is 5.51. The normalized spacial score (nSPS) is 12.7. The molecule has 0 aliphatic heterocycles. The minimum atomic E-state index is -4.58. The standard InChI is InChI=1S/C10H11ClF3NO2S/c11-6-5-8-1-3-9(4-2-8)18(16,17)15-7-10(12,13)14/h1-4,15H,5-7H2. The molecule has 102 valence electrons. The van der Waals surface area contributed by atoms with Crippen molar-refractivity contribution in [3.63, 3.8) is 0 Å². The first-order valence-electron chi connectivity index (χ1n) is 4.96. The van der Waals surface area contributed by atoms with Gasteiger partial charge in [0.15, 0.2) is 0 Å². The van der Waals surface area contributed by atoms with Crippen LogP contribution in [0.5, 0.6) is 0 Å². The van der Waals surface area contributed by atoms with Gasteiger partial charge in [-0.3, -0.25) is 0 Å². The Balaban J connectivity index is 2.79. The summed E-state index contributed by atoms with van der Waals surface area (Å²) < 4.78 is 60.3. The monoisotopic (exact) mass is 301 g/mol. The molecule has 0 fully saturated rings. The van der Waals surface area contributed by atoms with Crippen LogP contribution in [0.25, 0.3) is 0 Å². The summed E-state index contributed by atoms with van der Waals surface area (Å²) in [5.74, 6) is 0.387. The van der Waals surface area contributed by atoms with Crippen molar-refractivity contribution in [2.24, 2.45) is 0 Å². The van der Waals surface area contributed by atoms with Gasteiger partial charge in [0.2, 0.25) is 10.0 Å². The SMILES string of the molecule is O=S(=O)(NCC(F)(F)F)c1ccc(CCCl)cc1. The molecule has 18 heavy (non-hydrogen) atoms. The molecular weight excluding hydrogens is 291 g/mol. The molecule has 0 saturated carbocycles. The van der Waals surface area contributed by atoms with E-state index in [2.05, 4.69) is 0 Å². The molecule has 1 aromatic carbocycles. The van der Waals surface area contributed by atoms with Crippen molar-refractivity contribution in [2.75, 3.05) is 12.4 Å². The Kier molecular flexibility index (Phi) is 5.01. The second kappa shape index (κ2) is 5.90. The third-order valence-corrected chi connectivity index (χ3v) is 3.69. The largest absolute Gasteiger partial charge is 0.402 e. The topological polar surface area (TPSA) is 46.2 Å². The number of benzene rings is 1. The van der Waals surface area contributed by atoms with Gasteiger partial charge in [0.25, 0.3) is 0 Å². The van der Waals surface area contributed by atoms with E-state index < -0.39 is 22.7 Å². The fourth-order valence-corrected chi connectivity index (χ4v) is 2.44. The van der Waals surface area contributed by atoms with E-state index >= 15 is 0 Å². The molecule has 3 nitrogen and oxygen atoms in total. The number of nitrogens with one attached hydrogen (secondary N) is 1. The molecule has 0 amide bonds. The molecule has 8 heteroatoms. The van der Waals surface area contributed by atoms with E-state index in [9.17, 15) is 21.6 Å². The first kappa shape index (κ1) is 15.3. The molecule has 0 bridgehead atoms. The third kappa shape index (κ3) is 4.83. The van der Waals surface area contributed by atoms with Crippen LogP contribution >= 0.6 is 11.6 Å². The lowest BCUT2D eigenvalue weighted by Crippen LogP contribution is -2.33. The van der Waals surface area contributed by atoms with Gasteiger partial charge in [-0.05, 0) is 24.1 Å². The summed E-state index contributed by atoms with van der Waals surface area (Å²) in [7, 11) is -4.13. The van der Waals surface area contributed by atoms with Crippen molar-refractivity contribution in [3.8, 4) is 0 Å². The van der Waals surface area contributed by atoms with Crippen LogP contribution in [0.4, 0.5) is 13.2 Å². The lowest BCUT2D eigenvalue weighted by atomic mass is 10.2. The number of alkyl halides is 4. The van der Waals surface area contributed by atoms with E-state index in [1.165, 1.54) is 29.0 Å². The van der Waals surface area contributed by atoms with Crippen molar-refractivity contribution >= 4 is 21.6 Å². The van der Waals surface area contributed by atoms with Crippen LogP contribution < -0.4 is 4.72 Å². The summed E-state index contributed by atoms with van der Waals surface area (Å²) in [5, 5.41) is 0. The molecule has 0 radical (unpaired) electrons. The number of halogens is 4. The summed E-state index contributed by atoms with van der Waals surface area (Å²) in [4.78, 5) is -0.204. The lowest BCUT2D eigenvalue weighted by Gasteiger charge is -2.09. The van der Waals surface area contributed by atoms with E-state index in [1.54, 1.807) is 0 Å². The summed E-state index contributed by atoms with van der Waals surface area (Å²) in [6.45, 7) is -1.58. The van der Waals surface area contributed by atoms with Gasteiger partial charge in [0, 0.05) is 5.88 Å². The van der Waals surface area contributed by atoms with E-state index in [0.29, 0.717) is 12.3 Å². The lowest BCUT2D eigenvalue weighted by molar-refractivity contribution is -0.121. The van der Waals surface area contributed by atoms with Crippen LogP contribution in [0.15, 0.2) is 29.2 Å². The second-order valence-corrected chi connectivity index (χ2v) is 5.67. The highest BCUT2D eigenvalue weighted by Gasteiger charge is 2.29. The summed E-state index contributed by atoms with van der Waals surface area (Å²) in [5.41, 5.74) is 0.819. The molecule has 0 unspecified atom stereocenters. The Morgan fingerprint density at radius 2 is 1.72 bits per heavy atom. The number of hydrogen-bond acceptors (Lipinski definition) is 2. The zero-order chi connectivity index (χ0) is 13.8. The molecule has 0 heterocycles. The predicted molar refractivity (Wildman–Crippen MR) is 62.1 cm³/mol. The van der Waals surface area contributed by atoms with Crippen LogP contribution in [0.3, 0.4) is 0 Å². The van der Waals surface area contributed by atoms with E-state index in [-0.39, 0.29) is 4.90 Å². The molecule has 1 aromatic rings.